The molecule has 212 valence electrons. The molecular weight excluding hydrogens is 506 g/mol. The third-order valence-electron chi connectivity index (χ3n) is 6.67. The van der Waals surface area contributed by atoms with E-state index in [1.807, 2.05) is 60.8 Å². The fraction of sp³-hybridized carbons (Fsp3) is 0.344. The van der Waals surface area contributed by atoms with Gasteiger partial charge in [-0.2, -0.15) is 0 Å². The van der Waals surface area contributed by atoms with Crippen molar-refractivity contribution in [2.45, 2.75) is 44.7 Å². The number of allylic oxidation sites excluding steroid dienone is 2. The molecule has 0 bridgehead atoms. The lowest BCUT2D eigenvalue weighted by molar-refractivity contribution is -0.145. The Labute approximate surface area is 235 Å². The van der Waals surface area contributed by atoms with Gasteiger partial charge in [0, 0.05) is 43.0 Å². The molecule has 0 radical (unpaired) electrons. The summed E-state index contributed by atoms with van der Waals surface area (Å²) in [5.41, 5.74) is 2.89. The number of amides is 2. The first-order chi connectivity index (χ1) is 19.4. The number of para-hydroxylation sites is 1. The summed E-state index contributed by atoms with van der Waals surface area (Å²) < 4.78 is 5.49. The number of rotatable bonds is 17. The number of hydrogen-bond acceptors (Lipinski definition) is 5. The zero-order valence-corrected chi connectivity index (χ0v) is 22.9. The van der Waals surface area contributed by atoms with Gasteiger partial charge in [-0.25, -0.2) is 0 Å². The molecule has 0 fully saturated rings. The average Bonchev–Trinajstić information content (AvgIpc) is 3.37. The highest BCUT2D eigenvalue weighted by atomic mass is 16.5. The van der Waals surface area contributed by atoms with Crippen LogP contribution in [0.4, 0.5) is 0 Å². The van der Waals surface area contributed by atoms with Gasteiger partial charge in [-0.3, -0.25) is 14.4 Å². The van der Waals surface area contributed by atoms with Crippen molar-refractivity contribution in [2.75, 3.05) is 19.8 Å². The Balaban J connectivity index is 1.72. The van der Waals surface area contributed by atoms with Gasteiger partial charge in [-0.05, 0) is 36.5 Å². The third kappa shape index (κ3) is 9.24. The summed E-state index contributed by atoms with van der Waals surface area (Å²) in [7, 11) is 0. The van der Waals surface area contributed by atoms with Crippen molar-refractivity contribution in [2.24, 2.45) is 5.92 Å². The molecule has 0 saturated carbocycles. The van der Waals surface area contributed by atoms with Crippen molar-refractivity contribution < 1.29 is 24.2 Å². The van der Waals surface area contributed by atoms with Gasteiger partial charge in [0.2, 0.25) is 11.8 Å². The van der Waals surface area contributed by atoms with Crippen LogP contribution in [-0.4, -0.2) is 58.6 Å². The molecule has 3 rings (SSSR count). The summed E-state index contributed by atoms with van der Waals surface area (Å²) >= 11 is 0. The first-order valence-corrected chi connectivity index (χ1v) is 13.6. The number of benzene rings is 2. The fourth-order valence-electron chi connectivity index (χ4n) is 4.56. The van der Waals surface area contributed by atoms with E-state index in [4.69, 9.17) is 4.74 Å². The second-order valence-electron chi connectivity index (χ2n) is 9.73. The van der Waals surface area contributed by atoms with Gasteiger partial charge in [-0.15, -0.1) is 13.2 Å². The number of aromatic nitrogens is 1. The molecule has 2 atom stereocenters. The second-order valence-corrected chi connectivity index (χ2v) is 9.73. The second kappa shape index (κ2) is 16.1. The minimum atomic E-state index is -0.663. The zero-order chi connectivity index (χ0) is 28.7. The zero-order valence-electron chi connectivity index (χ0n) is 22.9. The number of fused-ring (bicyclic) bond motifs is 1. The maximum Gasteiger partial charge on any atom is 0.306 e. The Bertz CT molecular complexity index is 1270. The molecule has 8 heteroatoms. The quantitative estimate of drug-likeness (QED) is 0.173. The van der Waals surface area contributed by atoms with Crippen LogP contribution >= 0.6 is 0 Å². The molecular formula is C32H39N3O5. The maximum atomic E-state index is 13.5. The number of carbonyl (C=O) groups excluding carboxylic acids is 3. The minimum absolute atomic E-state index is 0.000618. The van der Waals surface area contributed by atoms with Crippen LogP contribution in [0.2, 0.25) is 0 Å². The van der Waals surface area contributed by atoms with Crippen LogP contribution in [0.3, 0.4) is 0 Å². The molecule has 0 aliphatic rings. The molecule has 0 aliphatic heterocycles. The van der Waals surface area contributed by atoms with Gasteiger partial charge < -0.3 is 25.0 Å². The first kappa shape index (κ1) is 30.4. The Morgan fingerprint density at radius 3 is 2.52 bits per heavy atom. The van der Waals surface area contributed by atoms with Crippen molar-refractivity contribution in [3.05, 3.63) is 97.2 Å². The van der Waals surface area contributed by atoms with Crippen molar-refractivity contribution in [1.29, 1.82) is 0 Å². The molecule has 0 saturated heterocycles. The number of esters is 1. The van der Waals surface area contributed by atoms with E-state index in [1.165, 1.54) is 0 Å². The fourth-order valence-corrected chi connectivity index (χ4v) is 4.56. The highest BCUT2D eigenvalue weighted by Gasteiger charge is 2.27. The number of aliphatic hydroxyl groups is 1. The molecule has 1 aromatic heterocycles. The van der Waals surface area contributed by atoms with E-state index >= 15 is 0 Å². The predicted molar refractivity (Wildman–Crippen MR) is 156 cm³/mol. The molecule has 1 heterocycles. The number of hydrogen-bond donors (Lipinski definition) is 3. The number of aromatic amines is 1. The number of ether oxygens (including phenoxy) is 1. The largest absolute Gasteiger partial charge is 0.463 e. The molecule has 2 amide bonds. The monoisotopic (exact) mass is 545 g/mol. The Kier molecular flexibility index (Phi) is 12.2. The summed E-state index contributed by atoms with van der Waals surface area (Å²) in [6.07, 6.45) is 6.59. The van der Waals surface area contributed by atoms with E-state index in [1.54, 1.807) is 17.1 Å². The summed E-state index contributed by atoms with van der Waals surface area (Å²) in [6.45, 7) is 7.73. The van der Waals surface area contributed by atoms with Crippen LogP contribution in [-0.2, 0) is 32.1 Å². The van der Waals surface area contributed by atoms with E-state index in [0.29, 0.717) is 25.8 Å². The van der Waals surface area contributed by atoms with Crippen LogP contribution < -0.4 is 5.32 Å². The summed E-state index contributed by atoms with van der Waals surface area (Å²) in [4.78, 5) is 43.7. The first-order valence-electron chi connectivity index (χ1n) is 13.6. The van der Waals surface area contributed by atoms with Crippen molar-refractivity contribution in [3.8, 4) is 0 Å². The van der Waals surface area contributed by atoms with E-state index in [-0.39, 0.29) is 50.4 Å². The molecule has 0 unspecified atom stereocenters. The predicted octanol–water partition coefficient (Wildman–Crippen LogP) is 4.31. The summed E-state index contributed by atoms with van der Waals surface area (Å²) in [5.74, 6) is -1.58. The number of nitrogens with zero attached hydrogens (tertiary/aromatic N) is 1. The van der Waals surface area contributed by atoms with E-state index in [2.05, 4.69) is 23.5 Å². The van der Waals surface area contributed by atoms with Crippen LogP contribution in [0.5, 0.6) is 0 Å². The van der Waals surface area contributed by atoms with E-state index < -0.39 is 12.0 Å². The van der Waals surface area contributed by atoms with E-state index in [9.17, 15) is 19.5 Å². The normalized spacial score (nSPS) is 12.3. The molecule has 3 N–H and O–H groups in total. The van der Waals surface area contributed by atoms with Crippen LogP contribution in [0.15, 0.2) is 86.1 Å². The van der Waals surface area contributed by atoms with Gasteiger partial charge in [0.1, 0.15) is 6.61 Å². The number of H-pyrrole nitrogens is 1. The third-order valence-corrected chi connectivity index (χ3v) is 6.67. The minimum Gasteiger partial charge on any atom is -0.463 e. The van der Waals surface area contributed by atoms with Crippen LogP contribution in [0.1, 0.15) is 36.8 Å². The summed E-state index contributed by atoms with van der Waals surface area (Å²) in [6, 6.07) is 16.9. The lowest BCUT2D eigenvalue weighted by Crippen LogP contribution is -2.44. The smallest absolute Gasteiger partial charge is 0.306 e. The molecule has 0 spiro atoms. The molecule has 2 aromatic carbocycles. The Morgan fingerprint density at radius 1 is 1.05 bits per heavy atom. The van der Waals surface area contributed by atoms with E-state index in [0.717, 1.165) is 22.0 Å². The number of carbonyl (C=O) groups is 3. The highest BCUT2D eigenvalue weighted by molar-refractivity contribution is 5.86. The van der Waals surface area contributed by atoms with Gasteiger partial charge in [0.05, 0.1) is 18.6 Å². The van der Waals surface area contributed by atoms with Crippen molar-refractivity contribution >= 4 is 28.7 Å². The van der Waals surface area contributed by atoms with Gasteiger partial charge in [-0.1, -0.05) is 60.7 Å². The number of aliphatic hydroxyl groups excluding tert-OH is 1. The standard InChI is InChI=1S/C32H39N3O5/c1-3-5-16-31(38)40-23-27(19-26-21-33-29-15-10-9-14-28(26)29)34-32(39)25(11-4-2)20-30(37)35(17-18-36)22-24-12-7-6-8-13-24/h3-4,6-10,12-15,21,25,27,33,36H,1-2,5,11,16-20,22-23H2,(H,34,39)/t25-,27+/m1/s1. The molecule has 0 aliphatic carbocycles. The topological polar surface area (TPSA) is 112 Å². The van der Waals surface area contributed by atoms with Crippen LogP contribution in [0, 0.1) is 5.92 Å². The van der Waals surface area contributed by atoms with Gasteiger partial charge in [0.25, 0.3) is 0 Å². The van der Waals surface area contributed by atoms with Crippen molar-refractivity contribution in [3.63, 3.8) is 0 Å². The van der Waals surface area contributed by atoms with Gasteiger partial charge in [0.15, 0.2) is 0 Å². The lowest BCUT2D eigenvalue weighted by atomic mass is 9.97. The SMILES string of the molecule is C=CCCC(=O)OC[C@H](Cc1c[nH]c2ccccc12)NC(=O)[C@H](CC=C)CC(=O)N(CCO)Cc1ccccc1. The van der Waals surface area contributed by atoms with Crippen molar-refractivity contribution in [1.82, 2.24) is 15.2 Å². The Hall–Kier alpha value is -4.17. The highest BCUT2D eigenvalue weighted by Crippen LogP contribution is 2.20. The molecule has 8 nitrogen and oxygen atoms in total. The maximum absolute atomic E-state index is 13.5. The number of nitrogens with one attached hydrogen (secondary N) is 2. The molecule has 3 aromatic rings. The van der Waals surface area contributed by atoms with Gasteiger partial charge >= 0.3 is 5.97 Å². The average molecular weight is 546 g/mol. The molecule has 40 heavy (non-hydrogen) atoms. The Morgan fingerprint density at radius 2 is 1.80 bits per heavy atom. The summed E-state index contributed by atoms with van der Waals surface area (Å²) in [5, 5.41) is 13.6. The lowest BCUT2D eigenvalue weighted by Gasteiger charge is -2.26. The van der Waals surface area contributed by atoms with Crippen LogP contribution in [0.25, 0.3) is 10.9 Å².